The number of esters is 1. The van der Waals surface area contributed by atoms with Crippen molar-refractivity contribution in [2.45, 2.75) is 46.2 Å². The van der Waals surface area contributed by atoms with E-state index in [4.69, 9.17) is 9.72 Å². The highest BCUT2D eigenvalue weighted by atomic mass is 16.5. The number of carbonyl (C=O) groups excluding carboxylic acids is 1. The fraction of sp³-hybridized carbons (Fsp3) is 0.625. The van der Waals surface area contributed by atoms with Crippen molar-refractivity contribution in [1.29, 1.82) is 0 Å². The minimum absolute atomic E-state index is 0.0916. The maximum absolute atomic E-state index is 13.3. The lowest BCUT2D eigenvalue weighted by atomic mass is 10.1. The number of likely N-dealkylation sites (N-methyl/N-ethyl adjacent to an activating group) is 2. The number of rotatable bonds is 6. The zero-order valence-electron chi connectivity index (χ0n) is 19.8. The topological polar surface area (TPSA) is 70.9 Å². The zero-order valence-corrected chi connectivity index (χ0v) is 19.8. The van der Waals surface area contributed by atoms with E-state index in [0.29, 0.717) is 23.6 Å². The van der Waals surface area contributed by atoms with Crippen molar-refractivity contribution < 1.29 is 9.53 Å². The maximum Gasteiger partial charge on any atom is 0.343 e. The molecule has 32 heavy (non-hydrogen) atoms. The molecule has 2 aromatic heterocycles. The van der Waals surface area contributed by atoms with E-state index in [1.165, 1.54) is 6.42 Å². The molecule has 8 heteroatoms. The molecule has 0 aromatic carbocycles. The highest BCUT2D eigenvalue weighted by molar-refractivity contribution is 5.93. The molecule has 2 aliphatic heterocycles. The van der Waals surface area contributed by atoms with Gasteiger partial charge in [-0.1, -0.05) is 6.92 Å². The van der Waals surface area contributed by atoms with Crippen LogP contribution >= 0.6 is 0 Å². The van der Waals surface area contributed by atoms with Crippen LogP contribution in [0.5, 0.6) is 0 Å². The number of hydrogen-bond donors (Lipinski definition) is 0. The highest BCUT2D eigenvalue weighted by Gasteiger charge is 2.26. The fourth-order valence-electron chi connectivity index (χ4n) is 4.98. The summed E-state index contributed by atoms with van der Waals surface area (Å²) in [7, 11) is 2.13. The second kappa shape index (κ2) is 9.58. The number of piperazine rings is 1. The second-order valence-electron chi connectivity index (χ2n) is 8.96. The number of nitrogens with zero attached hydrogens (tertiary/aromatic N) is 5. The molecule has 0 N–H and O–H groups in total. The van der Waals surface area contributed by atoms with Gasteiger partial charge in [-0.2, -0.15) is 0 Å². The first-order valence-corrected chi connectivity index (χ1v) is 11.8. The summed E-state index contributed by atoms with van der Waals surface area (Å²) in [4.78, 5) is 37.9. The van der Waals surface area contributed by atoms with Gasteiger partial charge in [0.05, 0.1) is 12.0 Å². The van der Waals surface area contributed by atoms with Crippen LogP contribution in [-0.2, 0) is 11.3 Å². The summed E-state index contributed by atoms with van der Waals surface area (Å²) in [6, 6.07) is 2.28. The molecule has 4 rings (SSSR count). The second-order valence-corrected chi connectivity index (χ2v) is 8.96. The van der Waals surface area contributed by atoms with Crippen molar-refractivity contribution >= 4 is 22.8 Å². The SMILES string of the molecule is CCOC(=O)c1cn(C[C@@H]2CCCN2CC)c2nc(N3CCN(C)CC3)c(C)cc2c1=O. The van der Waals surface area contributed by atoms with Gasteiger partial charge in [0.15, 0.2) is 0 Å². The molecule has 0 bridgehead atoms. The van der Waals surface area contributed by atoms with Crippen LogP contribution in [0.25, 0.3) is 11.0 Å². The van der Waals surface area contributed by atoms with Crippen LogP contribution in [0.15, 0.2) is 17.1 Å². The molecule has 0 spiro atoms. The van der Waals surface area contributed by atoms with Crippen LogP contribution in [0, 0.1) is 6.92 Å². The smallest absolute Gasteiger partial charge is 0.343 e. The molecule has 174 valence electrons. The molecule has 1 atom stereocenters. The minimum Gasteiger partial charge on any atom is -0.462 e. The first kappa shape index (κ1) is 22.7. The molecule has 0 saturated carbocycles. The van der Waals surface area contributed by atoms with Crippen LogP contribution in [-0.4, -0.2) is 84.3 Å². The summed E-state index contributed by atoms with van der Waals surface area (Å²) in [5, 5.41) is 0.493. The number of aromatic nitrogens is 2. The van der Waals surface area contributed by atoms with Crippen molar-refractivity contribution in [1.82, 2.24) is 19.4 Å². The van der Waals surface area contributed by atoms with E-state index in [1.54, 1.807) is 13.1 Å². The van der Waals surface area contributed by atoms with Gasteiger partial charge in [-0.25, -0.2) is 9.78 Å². The van der Waals surface area contributed by atoms with E-state index >= 15 is 0 Å². The standard InChI is InChI=1S/C24H35N5O3/c1-5-27-9-7-8-18(27)15-29-16-20(24(31)32-6-2)21(30)19-14-17(3)22(25-23(19)29)28-12-10-26(4)11-13-28/h14,16,18H,5-13,15H2,1-4H3/t18-/m0/s1. The Bertz CT molecular complexity index is 1040. The number of ether oxygens (including phenoxy) is 1. The Labute approximate surface area is 189 Å². The van der Waals surface area contributed by atoms with Crippen molar-refractivity contribution in [3.05, 3.63) is 33.6 Å². The van der Waals surface area contributed by atoms with E-state index in [0.717, 1.165) is 57.1 Å². The lowest BCUT2D eigenvalue weighted by molar-refractivity contribution is 0.0524. The van der Waals surface area contributed by atoms with E-state index in [9.17, 15) is 9.59 Å². The molecule has 2 saturated heterocycles. The number of carbonyl (C=O) groups is 1. The van der Waals surface area contributed by atoms with Gasteiger partial charge >= 0.3 is 5.97 Å². The van der Waals surface area contributed by atoms with Gasteiger partial charge < -0.3 is 19.1 Å². The van der Waals surface area contributed by atoms with E-state index in [2.05, 4.69) is 28.7 Å². The van der Waals surface area contributed by atoms with Crippen LogP contribution in [0.3, 0.4) is 0 Å². The van der Waals surface area contributed by atoms with E-state index in [1.807, 2.05) is 17.6 Å². The Morgan fingerprint density at radius 2 is 1.94 bits per heavy atom. The van der Waals surface area contributed by atoms with Gasteiger partial charge in [-0.05, 0) is 58.5 Å². The molecule has 0 aliphatic carbocycles. The molecular weight excluding hydrogens is 406 g/mol. The third-order valence-electron chi connectivity index (χ3n) is 6.82. The third-order valence-corrected chi connectivity index (χ3v) is 6.82. The van der Waals surface area contributed by atoms with Crippen molar-refractivity contribution in [2.24, 2.45) is 0 Å². The fourth-order valence-corrected chi connectivity index (χ4v) is 4.98. The van der Waals surface area contributed by atoms with Crippen molar-refractivity contribution in [2.75, 3.05) is 57.8 Å². The Morgan fingerprint density at radius 3 is 2.62 bits per heavy atom. The molecular formula is C24H35N5O3. The monoisotopic (exact) mass is 441 g/mol. The largest absolute Gasteiger partial charge is 0.462 e. The minimum atomic E-state index is -0.562. The Morgan fingerprint density at radius 1 is 1.19 bits per heavy atom. The lowest BCUT2D eigenvalue weighted by Gasteiger charge is -2.34. The lowest BCUT2D eigenvalue weighted by Crippen LogP contribution is -2.45. The van der Waals surface area contributed by atoms with Crippen molar-refractivity contribution in [3.63, 3.8) is 0 Å². The van der Waals surface area contributed by atoms with Gasteiger partial charge in [0, 0.05) is 45.0 Å². The van der Waals surface area contributed by atoms with Gasteiger partial charge in [0.1, 0.15) is 17.0 Å². The number of pyridine rings is 2. The van der Waals surface area contributed by atoms with Gasteiger partial charge in [-0.3, -0.25) is 9.69 Å². The molecule has 8 nitrogen and oxygen atoms in total. The van der Waals surface area contributed by atoms with Crippen LogP contribution in [0.2, 0.25) is 0 Å². The molecule has 0 radical (unpaired) electrons. The number of aryl methyl sites for hydroxylation is 1. The molecule has 2 aliphatic rings. The molecule has 2 fully saturated rings. The summed E-state index contributed by atoms with van der Waals surface area (Å²) >= 11 is 0. The summed E-state index contributed by atoms with van der Waals surface area (Å²) < 4.78 is 7.20. The number of anilines is 1. The van der Waals surface area contributed by atoms with E-state index in [-0.39, 0.29) is 17.6 Å². The molecule has 4 heterocycles. The summed E-state index contributed by atoms with van der Waals surface area (Å²) in [5.41, 5.74) is 1.41. The van der Waals surface area contributed by atoms with Crippen LogP contribution in [0.4, 0.5) is 5.82 Å². The van der Waals surface area contributed by atoms with E-state index < -0.39 is 5.97 Å². The van der Waals surface area contributed by atoms with Gasteiger partial charge in [0.25, 0.3) is 0 Å². The van der Waals surface area contributed by atoms with Gasteiger partial charge in [0.2, 0.25) is 5.43 Å². The van der Waals surface area contributed by atoms with Gasteiger partial charge in [-0.15, -0.1) is 0 Å². The molecule has 0 amide bonds. The summed E-state index contributed by atoms with van der Waals surface area (Å²) in [6.07, 6.45) is 3.94. The average molecular weight is 442 g/mol. The van der Waals surface area contributed by atoms with Crippen LogP contribution < -0.4 is 10.3 Å². The quantitative estimate of drug-likeness (QED) is 0.636. The normalized spacial score (nSPS) is 20.2. The first-order chi connectivity index (χ1) is 15.4. The Kier molecular flexibility index (Phi) is 6.81. The number of fused-ring (bicyclic) bond motifs is 1. The molecule has 0 unspecified atom stereocenters. The summed E-state index contributed by atoms with van der Waals surface area (Å²) in [5.74, 6) is 0.370. The first-order valence-electron chi connectivity index (χ1n) is 11.8. The zero-order chi connectivity index (χ0) is 22.8. The number of likely N-dealkylation sites (tertiary alicyclic amines) is 1. The summed E-state index contributed by atoms with van der Waals surface area (Å²) in [6.45, 7) is 12.7. The number of hydrogen-bond acceptors (Lipinski definition) is 7. The molecule has 2 aromatic rings. The third kappa shape index (κ3) is 4.38. The Hall–Kier alpha value is -2.45. The van der Waals surface area contributed by atoms with Crippen LogP contribution in [0.1, 0.15) is 42.6 Å². The highest BCUT2D eigenvalue weighted by Crippen LogP contribution is 2.25. The predicted molar refractivity (Wildman–Crippen MR) is 127 cm³/mol. The Balaban J connectivity index is 1.83. The average Bonchev–Trinajstić information content (AvgIpc) is 3.23. The predicted octanol–water partition coefficient (Wildman–Crippen LogP) is 2.12. The van der Waals surface area contributed by atoms with Crippen molar-refractivity contribution in [3.8, 4) is 0 Å². The maximum atomic E-state index is 13.3.